The lowest BCUT2D eigenvalue weighted by atomic mass is 10.2. The molecule has 0 radical (unpaired) electrons. The molecule has 5 heteroatoms. The van der Waals surface area contributed by atoms with Crippen LogP contribution in [0.3, 0.4) is 0 Å². The van der Waals surface area contributed by atoms with Gasteiger partial charge in [-0.05, 0) is 42.8 Å². The number of hydrogen-bond acceptors (Lipinski definition) is 3. The lowest BCUT2D eigenvalue weighted by Gasteiger charge is -1.99. The van der Waals surface area contributed by atoms with Crippen LogP contribution >= 0.6 is 11.6 Å². The van der Waals surface area contributed by atoms with Crippen LogP contribution in [0.15, 0.2) is 53.5 Å². The Kier molecular flexibility index (Phi) is 3.01. The van der Waals surface area contributed by atoms with Gasteiger partial charge in [-0.15, -0.1) is 5.10 Å². The fourth-order valence-corrected chi connectivity index (χ4v) is 2.00. The Morgan fingerprint density at radius 3 is 2.63 bits per heavy atom. The van der Waals surface area contributed by atoms with E-state index in [4.69, 9.17) is 11.6 Å². The molecule has 3 rings (SSSR count). The van der Waals surface area contributed by atoms with Crippen molar-refractivity contribution in [1.82, 2.24) is 15.0 Å². The Morgan fingerprint density at radius 1 is 1.11 bits per heavy atom. The molecule has 0 aliphatic heterocycles. The average Bonchev–Trinajstić information content (AvgIpc) is 2.85. The smallest absolute Gasteiger partial charge is 0.218 e. The van der Waals surface area contributed by atoms with Gasteiger partial charge in [-0.1, -0.05) is 35.0 Å². The van der Waals surface area contributed by atoms with Crippen LogP contribution in [0.2, 0.25) is 0 Å². The molecular formula is C14H11ClN4. The average molecular weight is 271 g/mol. The molecule has 0 saturated heterocycles. The Morgan fingerprint density at radius 2 is 1.84 bits per heavy atom. The molecule has 4 nitrogen and oxygen atoms in total. The second-order valence-corrected chi connectivity index (χ2v) is 4.54. The Labute approximate surface area is 115 Å². The lowest BCUT2D eigenvalue weighted by molar-refractivity contribution is 0.870. The molecule has 3 aromatic rings. The van der Waals surface area contributed by atoms with Gasteiger partial charge in [0.25, 0.3) is 0 Å². The molecule has 0 aliphatic rings. The van der Waals surface area contributed by atoms with Crippen molar-refractivity contribution in [2.45, 2.75) is 6.92 Å². The number of rotatable bonds is 1. The summed E-state index contributed by atoms with van der Waals surface area (Å²) in [6.45, 7) is 2.03. The summed E-state index contributed by atoms with van der Waals surface area (Å²) in [5.74, 6) is 0. The van der Waals surface area contributed by atoms with E-state index in [1.54, 1.807) is 0 Å². The highest BCUT2D eigenvalue weighted by atomic mass is 35.5. The highest BCUT2D eigenvalue weighted by Gasteiger charge is 2.07. The van der Waals surface area contributed by atoms with Crippen LogP contribution in [-0.4, -0.2) is 20.3 Å². The van der Waals surface area contributed by atoms with Gasteiger partial charge in [-0.3, -0.25) is 0 Å². The predicted octanol–water partition coefficient (Wildman–Crippen LogP) is 3.51. The monoisotopic (exact) mass is 270 g/mol. The highest BCUT2D eigenvalue weighted by molar-refractivity contribution is 6.65. The third kappa shape index (κ3) is 2.35. The molecule has 0 amide bonds. The zero-order chi connectivity index (χ0) is 13.2. The number of hydrogen-bond donors (Lipinski definition) is 0. The van der Waals surface area contributed by atoms with Gasteiger partial charge in [-0.25, -0.2) is 4.99 Å². The standard InChI is InChI=1S/C14H11ClN4/c1-10-6-8-11(9-7-10)16-14(15)19-13-5-3-2-4-12(13)17-18-19/h2-9H,1H3. The number of benzene rings is 2. The van der Waals surface area contributed by atoms with E-state index in [1.165, 1.54) is 10.2 Å². The predicted molar refractivity (Wildman–Crippen MR) is 77.1 cm³/mol. The largest absolute Gasteiger partial charge is 0.226 e. The van der Waals surface area contributed by atoms with Crippen LogP contribution in [0.1, 0.15) is 5.56 Å². The molecule has 94 valence electrons. The molecule has 0 saturated carbocycles. The van der Waals surface area contributed by atoms with Crippen LogP contribution < -0.4 is 0 Å². The molecule has 0 unspecified atom stereocenters. The molecule has 0 fully saturated rings. The first-order valence-corrected chi connectivity index (χ1v) is 6.23. The van der Waals surface area contributed by atoms with Crippen LogP contribution in [0, 0.1) is 6.92 Å². The molecule has 1 aromatic heterocycles. The molecule has 0 aliphatic carbocycles. The van der Waals surface area contributed by atoms with Crippen LogP contribution in [0.5, 0.6) is 0 Å². The number of fused-ring (bicyclic) bond motifs is 1. The molecule has 2 aromatic carbocycles. The summed E-state index contributed by atoms with van der Waals surface area (Å²) in [4.78, 5) is 4.34. The third-order valence-corrected chi connectivity index (χ3v) is 3.03. The fourth-order valence-electron chi connectivity index (χ4n) is 1.78. The first kappa shape index (κ1) is 11.9. The van der Waals surface area contributed by atoms with Crippen molar-refractivity contribution >= 4 is 33.6 Å². The highest BCUT2D eigenvalue weighted by Crippen LogP contribution is 2.16. The van der Waals surface area contributed by atoms with E-state index >= 15 is 0 Å². The number of halogens is 1. The zero-order valence-corrected chi connectivity index (χ0v) is 11.0. The topological polar surface area (TPSA) is 43.1 Å². The SMILES string of the molecule is Cc1ccc(N=C(Cl)n2nnc3ccccc32)cc1. The van der Waals surface area contributed by atoms with Crippen molar-refractivity contribution in [2.75, 3.05) is 0 Å². The Bertz CT molecular complexity index is 743. The van der Waals surface area contributed by atoms with E-state index in [0.717, 1.165) is 16.7 Å². The van der Waals surface area contributed by atoms with Gasteiger partial charge in [0.15, 0.2) is 0 Å². The normalized spacial score (nSPS) is 12.0. The van der Waals surface area contributed by atoms with Crippen molar-refractivity contribution in [3.05, 3.63) is 54.1 Å². The summed E-state index contributed by atoms with van der Waals surface area (Å²) in [6, 6.07) is 15.4. The van der Waals surface area contributed by atoms with Crippen LogP contribution in [-0.2, 0) is 0 Å². The van der Waals surface area contributed by atoms with Crippen molar-refractivity contribution < 1.29 is 0 Å². The minimum absolute atomic E-state index is 0.276. The van der Waals surface area contributed by atoms with Gasteiger partial charge in [-0.2, -0.15) is 4.68 Å². The van der Waals surface area contributed by atoms with Gasteiger partial charge < -0.3 is 0 Å². The number of aryl methyl sites for hydroxylation is 1. The molecular weight excluding hydrogens is 260 g/mol. The second-order valence-electron chi connectivity index (χ2n) is 4.21. The number of aliphatic imine (C=N–C) groups is 1. The summed E-state index contributed by atoms with van der Waals surface area (Å²) >= 11 is 6.21. The van der Waals surface area contributed by atoms with E-state index in [0.29, 0.717) is 0 Å². The van der Waals surface area contributed by atoms with Gasteiger partial charge in [0, 0.05) is 0 Å². The van der Waals surface area contributed by atoms with Crippen LogP contribution in [0.25, 0.3) is 11.0 Å². The van der Waals surface area contributed by atoms with Gasteiger partial charge in [0.1, 0.15) is 5.52 Å². The quantitative estimate of drug-likeness (QED) is 0.502. The van der Waals surface area contributed by atoms with E-state index < -0.39 is 0 Å². The first-order valence-electron chi connectivity index (χ1n) is 5.86. The Hall–Kier alpha value is -2.20. The molecule has 19 heavy (non-hydrogen) atoms. The number of aromatic nitrogens is 3. The molecule has 1 heterocycles. The zero-order valence-electron chi connectivity index (χ0n) is 10.3. The maximum atomic E-state index is 6.21. The lowest BCUT2D eigenvalue weighted by Crippen LogP contribution is -2.06. The maximum absolute atomic E-state index is 6.21. The van der Waals surface area contributed by atoms with Crippen molar-refractivity contribution in [2.24, 2.45) is 4.99 Å². The second kappa shape index (κ2) is 4.82. The third-order valence-electron chi connectivity index (χ3n) is 2.78. The van der Waals surface area contributed by atoms with Gasteiger partial charge in [0.2, 0.25) is 5.29 Å². The van der Waals surface area contributed by atoms with E-state index in [1.807, 2.05) is 55.5 Å². The summed E-state index contributed by atoms with van der Waals surface area (Å²) < 4.78 is 1.52. The number of para-hydroxylation sites is 1. The van der Waals surface area contributed by atoms with Crippen molar-refractivity contribution in [3.8, 4) is 0 Å². The first-order chi connectivity index (χ1) is 9.24. The van der Waals surface area contributed by atoms with Crippen molar-refractivity contribution in [1.29, 1.82) is 0 Å². The molecule has 0 bridgehead atoms. The molecule has 0 spiro atoms. The minimum Gasteiger partial charge on any atom is -0.218 e. The van der Waals surface area contributed by atoms with Crippen LogP contribution in [0.4, 0.5) is 5.69 Å². The summed E-state index contributed by atoms with van der Waals surface area (Å²) in [6.07, 6.45) is 0. The molecule has 0 N–H and O–H groups in total. The maximum Gasteiger partial charge on any atom is 0.226 e. The fraction of sp³-hybridized carbons (Fsp3) is 0.0714. The van der Waals surface area contributed by atoms with Crippen molar-refractivity contribution in [3.63, 3.8) is 0 Å². The number of nitrogens with zero attached hydrogens (tertiary/aromatic N) is 4. The van der Waals surface area contributed by atoms with E-state index in [-0.39, 0.29) is 5.29 Å². The summed E-state index contributed by atoms with van der Waals surface area (Å²) in [5, 5.41) is 8.33. The van der Waals surface area contributed by atoms with E-state index in [2.05, 4.69) is 15.3 Å². The summed E-state index contributed by atoms with van der Waals surface area (Å²) in [5.41, 5.74) is 3.60. The van der Waals surface area contributed by atoms with Gasteiger partial charge in [0.05, 0.1) is 11.2 Å². The molecule has 0 atom stereocenters. The summed E-state index contributed by atoms with van der Waals surface area (Å²) in [7, 11) is 0. The minimum atomic E-state index is 0.276. The van der Waals surface area contributed by atoms with E-state index in [9.17, 15) is 0 Å². The Balaban J connectivity index is 2.03. The van der Waals surface area contributed by atoms with Gasteiger partial charge >= 0.3 is 0 Å².